The molecule has 0 aliphatic rings. The van der Waals surface area contributed by atoms with Crippen molar-refractivity contribution in [3.05, 3.63) is 29.8 Å². The second kappa shape index (κ2) is 4.37. The fourth-order valence-electron chi connectivity index (χ4n) is 0.873. The fourth-order valence-corrected chi connectivity index (χ4v) is 0.873. The van der Waals surface area contributed by atoms with Crippen LogP contribution in [0, 0.1) is 0 Å². The summed E-state index contributed by atoms with van der Waals surface area (Å²) in [6.07, 6.45) is -0.611. The van der Waals surface area contributed by atoms with Gasteiger partial charge < -0.3 is 12.9 Å². The summed E-state index contributed by atoms with van der Waals surface area (Å²) in [4.78, 5) is 6.58. The Morgan fingerprint density at radius 3 is 2.47 bits per heavy atom. The molecule has 1 heterocycles. The van der Waals surface area contributed by atoms with Crippen molar-refractivity contribution in [1.29, 1.82) is 0 Å². The minimum Gasteiger partial charge on any atom is -0.445 e. The molecule has 82 valence electrons. The molecule has 0 atom stereocenters. The Hall–Kier alpha value is -1.47. The van der Waals surface area contributed by atoms with Gasteiger partial charge in [0.15, 0.2) is 0 Å². The van der Waals surface area contributed by atoms with Gasteiger partial charge in [-0.15, -0.1) is 5.98 Å². The molecule has 1 aromatic rings. The van der Waals surface area contributed by atoms with E-state index in [1.54, 1.807) is 0 Å². The number of hydrogen-bond donors (Lipinski definition) is 0. The SMILES string of the molecule is FC(F)c1ncncc1/C=C/[B-](F)(F)F. The first kappa shape index (κ1) is 11.6. The lowest BCUT2D eigenvalue weighted by atomic mass is 9.90. The molecule has 0 bridgehead atoms. The minimum atomic E-state index is -5.15. The van der Waals surface area contributed by atoms with Crippen LogP contribution in [0.25, 0.3) is 6.08 Å². The minimum absolute atomic E-state index is 0.0788. The Morgan fingerprint density at radius 2 is 1.93 bits per heavy atom. The Morgan fingerprint density at radius 1 is 1.27 bits per heavy atom. The number of nitrogens with zero attached hydrogens (tertiary/aromatic N) is 2. The van der Waals surface area contributed by atoms with E-state index in [1.807, 2.05) is 0 Å². The summed E-state index contributed by atoms with van der Waals surface area (Å²) in [6.45, 7) is -5.15. The second-order valence-electron chi connectivity index (χ2n) is 2.65. The molecule has 1 aromatic heterocycles. The van der Waals surface area contributed by atoms with Crippen LogP contribution in [0.15, 0.2) is 18.5 Å². The highest BCUT2D eigenvalue weighted by Gasteiger charge is 2.18. The molecular weight excluding hydrogens is 218 g/mol. The molecule has 0 saturated carbocycles. The third-order valence-electron chi connectivity index (χ3n) is 1.47. The first-order valence-corrected chi connectivity index (χ1v) is 3.87. The highest BCUT2D eigenvalue weighted by Crippen LogP contribution is 2.21. The highest BCUT2D eigenvalue weighted by atomic mass is 19.4. The van der Waals surface area contributed by atoms with E-state index in [0.29, 0.717) is 6.08 Å². The second-order valence-corrected chi connectivity index (χ2v) is 2.65. The van der Waals surface area contributed by atoms with E-state index in [2.05, 4.69) is 9.97 Å². The zero-order valence-corrected chi connectivity index (χ0v) is 7.25. The molecule has 2 nitrogen and oxygen atoms in total. The Kier molecular flexibility index (Phi) is 3.38. The average molecular weight is 223 g/mol. The third kappa shape index (κ3) is 3.65. The maximum atomic E-state index is 12.2. The van der Waals surface area contributed by atoms with Gasteiger partial charge in [0.05, 0.1) is 0 Å². The van der Waals surface area contributed by atoms with Gasteiger partial charge in [0.25, 0.3) is 6.43 Å². The van der Waals surface area contributed by atoms with E-state index in [9.17, 15) is 21.7 Å². The number of halogens is 5. The molecule has 0 aromatic carbocycles. The fraction of sp³-hybridized carbons (Fsp3) is 0.143. The van der Waals surface area contributed by atoms with Gasteiger partial charge in [0.2, 0.25) is 0 Å². The van der Waals surface area contributed by atoms with Crippen LogP contribution in [0.1, 0.15) is 17.7 Å². The van der Waals surface area contributed by atoms with Crippen molar-refractivity contribution < 1.29 is 21.7 Å². The van der Waals surface area contributed by atoms with Crippen LogP contribution in [-0.2, 0) is 0 Å². The van der Waals surface area contributed by atoms with Gasteiger partial charge in [-0.2, -0.15) is 0 Å². The van der Waals surface area contributed by atoms with E-state index < -0.39 is 19.1 Å². The van der Waals surface area contributed by atoms with Gasteiger partial charge in [-0.3, -0.25) is 0 Å². The zero-order chi connectivity index (χ0) is 11.5. The topological polar surface area (TPSA) is 25.8 Å². The summed E-state index contributed by atoms with van der Waals surface area (Å²) in [5, 5.41) is 0. The molecule has 0 aliphatic carbocycles. The quantitative estimate of drug-likeness (QED) is 0.581. The molecule has 0 aliphatic heterocycles. The van der Waals surface area contributed by atoms with Crippen LogP contribution in [0.2, 0.25) is 0 Å². The molecule has 0 amide bonds. The van der Waals surface area contributed by atoms with Crippen molar-refractivity contribution in [1.82, 2.24) is 9.97 Å². The normalized spacial score (nSPS) is 12.7. The Labute approximate surface area is 81.9 Å². The summed E-state index contributed by atoms with van der Waals surface area (Å²) in [7, 11) is 0. The van der Waals surface area contributed by atoms with Crippen LogP contribution >= 0.6 is 0 Å². The maximum Gasteiger partial charge on any atom is 0.502 e. The van der Waals surface area contributed by atoms with Crippen molar-refractivity contribution in [2.45, 2.75) is 6.43 Å². The van der Waals surface area contributed by atoms with Crippen LogP contribution in [0.3, 0.4) is 0 Å². The van der Waals surface area contributed by atoms with Crippen LogP contribution < -0.4 is 0 Å². The molecule has 15 heavy (non-hydrogen) atoms. The standard InChI is InChI=1S/C7H5BF5N2/c9-7(10)6-5(3-14-4-15-6)1-2-8(11,12)13/h1-4,7H/q-1/b2-1+. The zero-order valence-electron chi connectivity index (χ0n) is 7.25. The molecule has 0 unspecified atom stereocenters. The smallest absolute Gasteiger partial charge is 0.445 e. The number of rotatable bonds is 3. The lowest BCUT2D eigenvalue weighted by Crippen LogP contribution is -2.09. The predicted molar refractivity (Wildman–Crippen MR) is 45.1 cm³/mol. The Bertz CT molecular complexity index is 363. The summed E-state index contributed by atoms with van der Waals surface area (Å²) < 4.78 is 60.0. The molecule has 0 saturated heterocycles. The third-order valence-corrected chi connectivity index (χ3v) is 1.47. The molecule has 0 radical (unpaired) electrons. The van der Waals surface area contributed by atoms with Gasteiger partial charge in [-0.05, 0) is 0 Å². The van der Waals surface area contributed by atoms with E-state index >= 15 is 0 Å². The highest BCUT2D eigenvalue weighted by molar-refractivity contribution is 6.64. The number of alkyl halides is 2. The van der Waals surface area contributed by atoms with E-state index in [1.165, 1.54) is 0 Å². The van der Waals surface area contributed by atoms with Gasteiger partial charge in [0, 0.05) is 11.8 Å². The van der Waals surface area contributed by atoms with Crippen molar-refractivity contribution in [2.75, 3.05) is 0 Å². The lowest BCUT2D eigenvalue weighted by Gasteiger charge is -2.07. The first-order valence-electron chi connectivity index (χ1n) is 3.87. The van der Waals surface area contributed by atoms with E-state index in [4.69, 9.17) is 0 Å². The predicted octanol–water partition coefficient (Wildman–Crippen LogP) is 2.81. The van der Waals surface area contributed by atoms with Crippen molar-refractivity contribution in [3.8, 4) is 0 Å². The van der Waals surface area contributed by atoms with Crippen molar-refractivity contribution in [3.63, 3.8) is 0 Å². The Balaban J connectivity index is 2.99. The lowest BCUT2D eigenvalue weighted by molar-refractivity contribution is 0.145. The molecule has 0 spiro atoms. The summed E-state index contributed by atoms with van der Waals surface area (Å²) >= 11 is 0. The first-order chi connectivity index (χ1) is 6.90. The van der Waals surface area contributed by atoms with Crippen LogP contribution in [0.4, 0.5) is 21.7 Å². The molecule has 1 rings (SSSR count). The molecule has 8 heteroatoms. The van der Waals surface area contributed by atoms with Gasteiger partial charge in [-0.1, -0.05) is 6.08 Å². The average Bonchev–Trinajstić information content (AvgIpc) is 2.14. The van der Waals surface area contributed by atoms with Crippen molar-refractivity contribution >= 4 is 13.1 Å². The van der Waals surface area contributed by atoms with Crippen LogP contribution in [-0.4, -0.2) is 16.9 Å². The summed E-state index contributed by atoms with van der Waals surface area (Å²) in [6, 6.07) is 0. The van der Waals surface area contributed by atoms with Gasteiger partial charge in [0.1, 0.15) is 12.0 Å². The maximum absolute atomic E-state index is 12.2. The van der Waals surface area contributed by atoms with E-state index in [0.717, 1.165) is 12.5 Å². The van der Waals surface area contributed by atoms with Crippen LogP contribution in [0.5, 0.6) is 0 Å². The largest absolute Gasteiger partial charge is 0.502 e. The monoisotopic (exact) mass is 223 g/mol. The molecule has 0 N–H and O–H groups in total. The molecule has 0 fully saturated rings. The van der Waals surface area contributed by atoms with Crippen molar-refractivity contribution in [2.24, 2.45) is 0 Å². The summed E-state index contributed by atoms with van der Waals surface area (Å²) in [5.74, 6) is -0.0788. The van der Waals surface area contributed by atoms with Gasteiger partial charge in [-0.25, -0.2) is 18.7 Å². The van der Waals surface area contributed by atoms with E-state index in [-0.39, 0.29) is 11.5 Å². The van der Waals surface area contributed by atoms with Gasteiger partial charge >= 0.3 is 6.98 Å². The summed E-state index contributed by atoms with van der Waals surface area (Å²) in [5.41, 5.74) is -1.03. The number of aromatic nitrogens is 2. The molecular formula is C7H5BF5N2-. The number of hydrogen-bond acceptors (Lipinski definition) is 2.